The van der Waals surface area contributed by atoms with E-state index < -0.39 is 5.79 Å². The lowest BCUT2D eigenvalue weighted by Gasteiger charge is -2.29. The second-order valence-electron chi connectivity index (χ2n) is 4.44. The third kappa shape index (κ3) is 8.11. The van der Waals surface area contributed by atoms with Gasteiger partial charge in [0.25, 0.3) is 0 Å². The van der Waals surface area contributed by atoms with E-state index in [0.29, 0.717) is 13.2 Å². The predicted octanol–water partition coefficient (Wildman–Crippen LogP) is 3.48. The van der Waals surface area contributed by atoms with Crippen molar-refractivity contribution < 1.29 is 14.3 Å². The van der Waals surface area contributed by atoms with Gasteiger partial charge in [-0.05, 0) is 38.7 Å². The third-order valence-corrected chi connectivity index (χ3v) is 2.47. The second-order valence-corrected chi connectivity index (χ2v) is 4.44. The first-order valence-corrected chi connectivity index (χ1v) is 6.47. The van der Waals surface area contributed by atoms with Crippen LogP contribution in [0.2, 0.25) is 0 Å². The quantitative estimate of drug-likeness (QED) is 0.334. The largest absolute Gasteiger partial charge is 0.350 e. The molecule has 0 aliphatic rings. The fraction of sp³-hybridized carbons (Fsp3) is 0.786. The number of allylic oxidation sites excluding steroid dienone is 2. The molecular formula is C14H26O3. The van der Waals surface area contributed by atoms with Crippen molar-refractivity contribution in [3.63, 3.8) is 0 Å². The first kappa shape index (κ1) is 16.3. The maximum atomic E-state index is 10.5. The second kappa shape index (κ2) is 9.37. The Hall–Kier alpha value is -0.670. The molecule has 0 bridgehead atoms. The Morgan fingerprint density at radius 1 is 1.18 bits per heavy atom. The van der Waals surface area contributed by atoms with Crippen molar-refractivity contribution in [2.24, 2.45) is 0 Å². The van der Waals surface area contributed by atoms with Crippen molar-refractivity contribution in [1.82, 2.24) is 0 Å². The van der Waals surface area contributed by atoms with E-state index in [1.54, 1.807) is 0 Å². The van der Waals surface area contributed by atoms with Gasteiger partial charge in [0, 0.05) is 19.6 Å². The molecule has 100 valence electrons. The summed E-state index contributed by atoms with van der Waals surface area (Å²) in [5.41, 5.74) is 0.762. The van der Waals surface area contributed by atoms with E-state index in [2.05, 4.69) is 13.8 Å². The molecule has 0 aliphatic heterocycles. The van der Waals surface area contributed by atoms with Gasteiger partial charge >= 0.3 is 0 Å². The lowest BCUT2D eigenvalue weighted by molar-refractivity contribution is -0.228. The number of carbonyl (C=O) groups excluding carboxylic acids is 1. The van der Waals surface area contributed by atoms with E-state index in [-0.39, 0.29) is 0 Å². The molecule has 0 atom stereocenters. The zero-order valence-electron chi connectivity index (χ0n) is 11.6. The van der Waals surface area contributed by atoms with Gasteiger partial charge in [-0.1, -0.05) is 19.9 Å². The fourth-order valence-corrected chi connectivity index (χ4v) is 1.43. The van der Waals surface area contributed by atoms with E-state index in [9.17, 15) is 4.79 Å². The van der Waals surface area contributed by atoms with E-state index >= 15 is 0 Å². The minimum absolute atomic E-state index is 0.522. The molecule has 0 spiro atoms. The number of ether oxygens (including phenoxy) is 2. The van der Waals surface area contributed by atoms with E-state index in [4.69, 9.17) is 9.47 Å². The number of carbonyl (C=O) groups is 1. The summed E-state index contributed by atoms with van der Waals surface area (Å²) >= 11 is 0. The standard InChI is InChI=1S/C14H26O3/c1-5-10-16-14(4,17-11-6-2)9-7-8-13(3)12-15/h8,12H,5-7,9-11H2,1-4H3. The number of rotatable bonds is 10. The van der Waals surface area contributed by atoms with Crippen LogP contribution in [0, 0.1) is 0 Å². The van der Waals surface area contributed by atoms with Crippen LogP contribution in [0.5, 0.6) is 0 Å². The molecule has 0 aliphatic carbocycles. The van der Waals surface area contributed by atoms with Gasteiger partial charge < -0.3 is 9.47 Å². The van der Waals surface area contributed by atoms with Crippen LogP contribution in [0.25, 0.3) is 0 Å². The fourth-order valence-electron chi connectivity index (χ4n) is 1.43. The highest BCUT2D eigenvalue weighted by atomic mass is 16.7. The highest BCUT2D eigenvalue weighted by Crippen LogP contribution is 2.21. The van der Waals surface area contributed by atoms with Crippen molar-refractivity contribution in [2.45, 2.75) is 59.2 Å². The SMILES string of the molecule is CCCOC(C)(CCC=C(C)C=O)OCCC. The van der Waals surface area contributed by atoms with Crippen LogP contribution < -0.4 is 0 Å². The maximum absolute atomic E-state index is 10.5. The van der Waals surface area contributed by atoms with Crippen LogP contribution in [0.1, 0.15) is 53.4 Å². The average Bonchev–Trinajstić information content (AvgIpc) is 2.34. The van der Waals surface area contributed by atoms with Crippen LogP contribution >= 0.6 is 0 Å². The number of aldehydes is 1. The average molecular weight is 242 g/mol. The van der Waals surface area contributed by atoms with Crippen molar-refractivity contribution >= 4 is 6.29 Å². The molecule has 0 fully saturated rings. The van der Waals surface area contributed by atoms with Crippen LogP contribution in [0.4, 0.5) is 0 Å². The number of hydrogen-bond acceptors (Lipinski definition) is 3. The Morgan fingerprint density at radius 3 is 2.12 bits per heavy atom. The zero-order valence-corrected chi connectivity index (χ0v) is 11.6. The number of hydrogen-bond donors (Lipinski definition) is 0. The summed E-state index contributed by atoms with van der Waals surface area (Å²) in [6.07, 6.45) is 6.34. The highest BCUT2D eigenvalue weighted by molar-refractivity contribution is 5.71. The van der Waals surface area contributed by atoms with Crippen molar-refractivity contribution in [2.75, 3.05) is 13.2 Å². The Kier molecular flexibility index (Phi) is 9.00. The molecule has 0 rings (SSSR count). The Labute approximate surface area is 105 Å². The summed E-state index contributed by atoms with van der Waals surface area (Å²) in [4.78, 5) is 10.5. The van der Waals surface area contributed by atoms with Gasteiger partial charge in [-0.2, -0.15) is 0 Å². The van der Waals surface area contributed by atoms with Gasteiger partial charge in [-0.15, -0.1) is 0 Å². The summed E-state index contributed by atoms with van der Waals surface area (Å²) in [6, 6.07) is 0. The van der Waals surface area contributed by atoms with Crippen LogP contribution in [-0.2, 0) is 14.3 Å². The monoisotopic (exact) mass is 242 g/mol. The van der Waals surface area contributed by atoms with E-state index in [0.717, 1.165) is 37.5 Å². The van der Waals surface area contributed by atoms with E-state index in [1.807, 2.05) is 19.9 Å². The lowest BCUT2D eigenvalue weighted by Crippen LogP contribution is -2.33. The molecule has 3 nitrogen and oxygen atoms in total. The van der Waals surface area contributed by atoms with Gasteiger partial charge in [0.15, 0.2) is 5.79 Å². The molecule has 0 unspecified atom stereocenters. The van der Waals surface area contributed by atoms with Gasteiger partial charge in [0.05, 0.1) is 0 Å². The smallest absolute Gasteiger partial charge is 0.165 e. The van der Waals surface area contributed by atoms with Crippen molar-refractivity contribution in [3.8, 4) is 0 Å². The van der Waals surface area contributed by atoms with Crippen LogP contribution in [0.3, 0.4) is 0 Å². The Bertz CT molecular complexity index is 226. The molecule has 0 saturated carbocycles. The van der Waals surface area contributed by atoms with Gasteiger partial charge in [-0.25, -0.2) is 0 Å². The van der Waals surface area contributed by atoms with Gasteiger partial charge in [-0.3, -0.25) is 4.79 Å². The molecule has 0 aromatic rings. The molecule has 0 aromatic carbocycles. The van der Waals surface area contributed by atoms with Crippen molar-refractivity contribution in [3.05, 3.63) is 11.6 Å². The normalized spacial score (nSPS) is 12.8. The molecule has 0 heterocycles. The molecular weight excluding hydrogens is 216 g/mol. The molecule has 0 N–H and O–H groups in total. The molecule has 0 radical (unpaired) electrons. The Morgan fingerprint density at radius 2 is 1.71 bits per heavy atom. The van der Waals surface area contributed by atoms with Gasteiger partial charge in [0.2, 0.25) is 0 Å². The zero-order chi connectivity index (χ0) is 13.1. The summed E-state index contributed by atoms with van der Waals surface area (Å²) in [5.74, 6) is -0.522. The van der Waals surface area contributed by atoms with E-state index in [1.165, 1.54) is 0 Å². The van der Waals surface area contributed by atoms with Crippen molar-refractivity contribution in [1.29, 1.82) is 0 Å². The lowest BCUT2D eigenvalue weighted by atomic mass is 10.1. The first-order chi connectivity index (χ1) is 8.08. The molecule has 17 heavy (non-hydrogen) atoms. The highest BCUT2D eigenvalue weighted by Gasteiger charge is 2.24. The predicted molar refractivity (Wildman–Crippen MR) is 69.9 cm³/mol. The minimum atomic E-state index is -0.522. The summed E-state index contributed by atoms with van der Waals surface area (Å²) in [7, 11) is 0. The van der Waals surface area contributed by atoms with Crippen LogP contribution in [0.15, 0.2) is 11.6 Å². The molecule has 0 saturated heterocycles. The maximum Gasteiger partial charge on any atom is 0.165 e. The Balaban J connectivity index is 4.21. The minimum Gasteiger partial charge on any atom is -0.350 e. The molecule has 0 amide bonds. The first-order valence-electron chi connectivity index (χ1n) is 6.47. The topological polar surface area (TPSA) is 35.5 Å². The van der Waals surface area contributed by atoms with Crippen LogP contribution in [-0.4, -0.2) is 25.3 Å². The third-order valence-electron chi connectivity index (χ3n) is 2.47. The van der Waals surface area contributed by atoms with Gasteiger partial charge in [0.1, 0.15) is 6.29 Å². The molecule has 3 heteroatoms. The summed E-state index contributed by atoms with van der Waals surface area (Å²) < 4.78 is 11.5. The molecule has 0 aromatic heterocycles. The summed E-state index contributed by atoms with van der Waals surface area (Å²) in [6.45, 7) is 9.35. The summed E-state index contributed by atoms with van der Waals surface area (Å²) in [5, 5.41) is 0.